The number of hydrogen-bond acceptors (Lipinski definition) is 4. The second-order valence-electron chi connectivity index (χ2n) is 10.7. The molecule has 3 aromatic heterocycles. The van der Waals surface area contributed by atoms with Crippen molar-refractivity contribution < 1.29 is 42.3 Å². The molecule has 0 amide bonds. The van der Waals surface area contributed by atoms with Gasteiger partial charge < -0.3 is 25.7 Å². The Labute approximate surface area is 266 Å². The standard InChI is InChI=1S/C34H34N4O4.Fe.H2O/c1-7-21-17(3)25-13-26-19(5)23(9-11-33(39)40)31(37-26)16-32-24(10-12-34(41)42)20(6)28(38-32)15-30-22(8-2)18(4)27(36-30)14-29(21)35-25;;/h7-8,13-16,36,38H,1-2,9-12H2,3-6H3,(H,39,40)(H,41,42);;1H2/q;+3;. The normalized spacial score (nSPS) is 12.5. The number of hydrogen-bond donors (Lipinski definition) is 4. The molecule has 3 aromatic rings. The van der Waals surface area contributed by atoms with E-state index >= 15 is 0 Å². The van der Waals surface area contributed by atoms with Crippen LogP contribution in [0.2, 0.25) is 0 Å². The van der Waals surface area contributed by atoms with Crippen LogP contribution in [-0.2, 0) is 33.1 Å². The molecule has 0 aromatic carbocycles. The van der Waals surface area contributed by atoms with E-state index in [-0.39, 0.29) is 35.4 Å². The zero-order valence-electron chi connectivity index (χ0n) is 25.2. The summed E-state index contributed by atoms with van der Waals surface area (Å²) in [7, 11) is 0. The van der Waals surface area contributed by atoms with E-state index in [4.69, 9.17) is 9.97 Å². The minimum atomic E-state index is -0.886. The third-order valence-electron chi connectivity index (χ3n) is 8.22. The Balaban J connectivity index is 0.00000264. The van der Waals surface area contributed by atoms with E-state index in [0.29, 0.717) is 24.2 Å². The van der Waals surface area contributed by atoms with E-state index in [1.165, 1.54) is 0 Å². The molecule has 5 heterocycles. The monoisotopic (exact) mass is 636 g/mol. The van der Waals surface area contributed by atoms with Gasteiger partial charge in [-0.2, -0.15) is 0 Å². The van der Waals surface area contributed by atoms with Gasteiger partial charge in [0.05, 0.1) is 22.8 Å². The fourth-order valence-corrected chi connectivity index (χ4v) is 5.77. The molecule has 2 aliphatic heterocycles. The van der Waals surface area contributed by atoms with Crippen LogP contribution in [-0.4, -0.2) is 47.6 Å². The number of aliphatic carboxylic acids is 2. The van der Waals surface area contributed by atoms with Gasteiger partial charge in [0.25, 0.3) is 0 Å². The summed E-state index contributed by atoms with van der Waals surface area (Å²) in [6.45, 7) is 16.0. The summed E-state index contributed by atoms with van der Waals surface area (Å²) in [6, 6.07) is 7.88. The van der Waals surface area contributed by atoms with Gasteiger partial charge in [-0.15, -0.1) is 0 Å². The maximum absolute atomic E-state index is 11.5. The number of aromatic nitrogens is 4. The fourth-order valence-electron chi connectivity index (χ4n) is 5.77. The molecule has 227 valence electrons. The van der Waals surface area contributed by atoms with Crippen molar-refractivity contribution in [1.29, 1.82) is 0 Å². The second-order valence-corrected chi connectivity index (χ2v) is 10.7. The van der Waals surface area contributed by atoms with E-state index in [1.54, 1.807) is 0 Å². The third kappa shape index (κ3) is 6.24. The molecular formula is C34H36FeN4O5+3. The van der Waals surface area contributed by atoms with Crippen molar-refractivity contribution in [1.82, 2.24) is 19.9 Å². The van der Waals surface area contributed by atoms with Gasteiger partial charge in [-0.05, 0) is 98.2 Å². The third-order valence-corrected chi connectivity index (χ3v) is 8.22. The molecule has 5 rings (SSSR count). The van der Waals surface area contributed by atoms with Crippen molar-refractivity contribution in [3.63, 3.8) is 0 Å². The molecule has 10 heteroatoms. The Morgan fingerprint density at radius 3 is 1.93 bits per heavy atom. The van der Waals surface area contributed by atoms with E-state index in [9.17, 15) is 19.8 Å². The second kappa shape index (κ2) is 13.4. The van der Waals surface area contributed by atoms with Crippen molar-refractivity contribution in [2.45, 2.75) is 53.4 Å². The summed E-state index contributed by atoms with van der Waals surface area (Å²) in [5, 5.41) is 18.9. The smallest absolute Gasteiger partial charge is 0.481 e. The van der Waals surface area contributed by atoms with E-state index in [1.807, 2.05) is 64.1 Å². The number of rotatable bonds is 8. The molecule has 0 aliphatic carbocycles. The molecular weight excluding hydrogens is 600 g/mol. The summed E-state index contributed by atoms with van der Waals surface area (Å²) in [5.41, 5.74) is 13.7. The predicted octanol–water partition coefficient (Wildman–Crippen LogP) is 6.68. The van der Waals surface area contributed by atoms with Crippen LogP contribution < -0.4 is 0 Å². The molecule has 0 saturated heterocycles. The maximum atomic E-state index is 11.5. The number of aromatic amines is 2. The molecule has 0 atom stereocenters. The first-order chi connectivity index (χ1) is 20.0. The fraction of sp³-hybridized carbons (Fsp3) is 0.235. The maximum Gasteiger partial charge on any atom is 3.00 e. The predicted molar refractivity (Wildman–Crippen MR) is 172 cm³/mol. The van der Waals surface area contributed by atoms with Gasteiger partial charge in [-0.1, -0.05) is 25.3 Å². The number of carbonyl (C=O) groups is 2. The number of nitrogens with zero attached hydrogens (tertiary/aromatic N) is 2. The molecule has 0 unspecified atom stereocenters. The van der Waals surface area contributed by atoms with Crippen molar-refractivity contribution >= 4 is 62.4 Å². The Morgan fingerprint density at radius 2 is 1.30 bits per heavy atom. The Kier molecular flexibility index (Phi) is 10.4. The first-order valence-electron chi connectivity index (χ1n) is 13.9. The van der Waals surface area contributed by atoms with Gasteiger partial charge in [-0.25, -0.2) is 9.97 Å². The molecule has 6 N–H and O–H groups in total. The first kappa shape index (κ1) is 34.0. The van der Waals surface area contributed by atoms with Crippen LogP contribution in [0, 0.1) is 13.8 Å². The molecule has 9 nitrogen and oxygen atoms in total. The van der Waals surface area contributed by atoms with Gasteiger partial charge >= 0.3 is 29.0 Å². The van der Waals surface area contributed by atoms with Gasteiger partial charge in [-0.3, -0.25) is 9.59 Å². The summed E-state index contributed by atoms with van der Waals surface area (Å²) in [5.74, 6) is -1.76. The summed E-state index contributed by atoms with van der Waals surface area (Å²) >= 11 is 0. The average molecular weight is 637 g/mol. The molecule has 0 saturated carbocycles. The van der Waals surface area contributed by atoms with Gasteiger partial charge in [0.1, 0.15) is 0 Å². The van der Waals surface area contributed by atoms with Gasteiger partial charge in [0.2, 0.25) is 0 Å². The van der Waals surface area contributed by atoms with E-state index in [2.05, 4.69) is 23.1 Å². The number of allylic oxidation sites excluding steroid dienone is 5. The van der Waals surface area contributed by atoms with Crippen LogP contribution in [0.1, 0.15) is 78.1 Å². The van der Waals surface area contributed by atoms with Crippen LogP contribution >= 0.6 is 0 Å². The minimum Gasteiger partial charge on any atom is -0.481 e. The van der Waals surface area contributed by atoms with Crippen molar-refractivity contribution in [2.75, 3.05) is 0 Å². The van der Waals surface area contributed by atoms with Crippen LogP contribution in [0.5, 0.6) is 0 Å². The number of fused-ring (bicyclic) bond motifs is 8. The van der Waals surface area contributed by atoms with Crippen molar-refractivity contribution in [3.8, 4) is 0 Å². The zero-order chi connectivity index (χ0) is 30.3. The molecule has 2 aliphatic rings. The molecule has 1 radical (unpaired) electrons. The molecule has 44 heavy (non-hydrogen) atoms. The number of carboxylic acids is 2. The summed E-state index contributed by atoms with van der Waals surface area (Å²) in [4.78, 5) is 40.0. The summed E-state index contributed by atoms with van der Waals surface area (Å²) < 4.78 is 0. The van der Waals surface area contributed by atoms with E-state index < -0.39 is 11.9 Å². The summed E-state index contributed by atoms with van der Waals surface area (Å²) in [6.07, 6.45) is 4.22. The average Bonchev–Trinajstić information content (AvgIpc) is 3.59. The molecule has 8 bridgehead atoms. The number of H-pyrrole nitrogens is 2. The first-order valence-corrected chi connectivity index (χ1v) is 13.9. The Morgan fingerprint density at radius 1 is 0.727 bits per heavy atom. The number of carboxylic acid groups (broad SMARTS) is 2. The number of aryl methyl sites for hydroxylation is 3. The van der Waals surface area contributed by atoms with Gasteiger partial charge in [0.15, 0.2) is 0 Å². The number of nitrogens with one attached hydrogen (secondary N) is 2. The Bertz CT molecular complexity index is 1930. The largest absolute Gasteiger partial charge is 3.00 e. The molecule has 0 spiro atoms. The van der Waals surface area contributed by atoms with Crippen LogP contribution in [0.25, 0.3) is 50.4 Å². The Hall–Kier alpha value is -4.50. The molecule has 0 fully saturated rings. The van der Waals surface area contributed by atoms with Crippen LogP contribution in [0.4, 0.5) is 0 Å². The van der Waals surface area contributed by atoms with Gasteiger partial charge in [0, 0.05) is 46.0 Å². The zero-order valence-corrected chi connectivity index (χ0v) is 26.3. The van der Waals surface area contributed by atoms with Crippen LogP contribution in [0.3, 0.4) is 0 Å². The van der Waals surface area contributed by atoms with Crippen molar-refractivity contribution in [2.24, 2.45) is 0 Å². The van der Waals surface area contributed by atoms with Crippen molar-refractivity contribution in [3.05, 3.63) is 88.5 Å². The van der Waals surface area contributed by atoms with E-state index in [0.717, 1.165) is 78.0 Å². The topological polar surface area (TPSA) is 163 Å². The minimum absolute atomic E-state index is 0. The quantitative estimate of drug-likeness (QED) is 0.202. The SMILES string of the molecule is C=CC1=C(C)c2cc3nc(cc4[nH]c(cc5[nH]c(cc1n2)c(C)c5C=C)c(C)c4CCC(=O)O)C(CCC(=O)O)=C3C.O.[Fe+3]. The van der Waals surface area contributed by atoms with Crippen LogP contribution in [0.15, 0.2) is 43.5 Å².